The van der Waals surface area contributed by atoms with Crippen LogP contribution in [0.2, 0.25) is 5.02 Å². The van der Waals surface area contributed by atoms with Crippen molar-refractivity contribution in [1.29, 1.82) is 0 Å². The molecule has 0 spiro atoms. The van der Waals surface area contributed by atoms with Gasteiger partial charge in [-0.2, -0.15) is 0 Å². The van der Waals surface area contributed by atoms with Crippen LogP contribution in [0.15, 0.2) is 18.2 Å². The highest BCUT2D eigenvalue weighted by molar-refractivity contribution is 6.30. The highest BCUT2D eigenvalue weighted by Crippen LogP contribution is 2.26. The van der Waals surface area contributed by atoms with E-state index in [2.05, 4.69) is 29.4 Å². The second-order valence-corrected chi connectivity index (χ2v) is 6.20. The van der Waals surface area contributed by atoms with Crippen LogP contribution in [0.25, 0.3) is 0 Å². The minimum atomic E-state index is 0.617. The molecule has 0 radical (unpaired) electrons. The van der Waals surface area contributed by atoms with Gasteiger partial charge in [-0.05, 0) is 69.1 Å². The number of halogens is 1. The third kappa shape index (κ3) is 2.71. The smallest absolute Gasteiger partial charge is 0.0408 e. The first kappa shape index (κ1) is 12.5. The van der Waals surface area contributed by atoms with Gasteiger partial charge in [-0.25, -0.2) is 0 Å². The molecule has 1 atom stereocenters. The van der Waals surface area contributed by atoms with Gasteiger partial charge in [0.15, 0.2) is 0 Å². The molecule has 1 unspecified atom stereocenters. The minimum Gasteiger partial charge on any atom is -0.310 e. The molecule has 1 N–H and O–H groups in total. The standard InChI is InChI=1S/C15H21ClN2/c1-18-6-4-14(5-7-18)17-15-9-11-2-3-13(16)8-12(11)10-15/h2-3,8,14-15,17H,4-7,9-10H2,1H3. The lowest BCUT2D eigenvalue weighted by Crippen LogP contribution is -2.45. The van der Waals surface area contributed by atoms with Crippen molar-refractivity contribution in [3.8, 4) is 0 Å². The molecule has 1 heterocycles. The van der Waals surface area contributed by atoms with Crippen molar-refractivity contribution in [2.75, 3.05) is 20.1 Å². The number of nitrogens with zero attached hydrogens (tertiary/aromatic N) is 1. The number of fused-ring (bicyclic) bond motifs is 1. The van der Waals surface area contributed by atoms with Crippen molar-refractivity contribution in [1.82, 2.24) is 10.2 Å². The van der Waals surface area contributed by atoms with E-state index in [0.717, 1.165) is 11.4 Å². The van der Waals surface area contributed by atoms with E-state index in [1.807, 2.05) is 6.07 Å². The quantitative estimate of drug-likeness (QED) is 0.883. The minimum absolute atomic E-state index is 0.617. The molecule has 0 aromatic heterocycles. The van der Waals surface area contributed by atoms with Gasteiger partial charge in [-0.15, -0.1) is 0 Å². The summed E-state index contributed by atoms with van der Waals surface area (Å²) in [6, 6.07) is 7.65. The summed E-state index contributed by atoms with van der Waals surface area (Å²) in [5.74, 6) is 0. The summed E-state index contributed by atoms with van der Waals surface area (Å²) in [6.07, 6.45) is 4.87. The topological polar surface area (TPSA) is 15.3 Å². The number of rotatable bonds is 2. The average Bonchev–Trinajstić information content (AvgIpc) is 2.73. The highest BCUT2D eigenvalue weighted by atomic mass is 35.5. The summed E-state index contributed by atoms with van der Waals surface area (Å²) in [7, 11) is 2.21. The van der Waals surface area contributed by atoms with E-state index in [0.29, 0.717) is 12.1 Å². The molecular formula is C15H21ClN2. The van der Waals surface area contributed by atoms with Gasteiger partial charge in [-0.3, -0.25) is 0 Å². The number of hydrogen-bond donors (Lipinski definition) is 1. The summed E-state index contributed by atoms with van der Waals surface area (Å²) in [6.45, 7) is 2.45. The van der Waals surface area contributed by atoms with Gasteiger partial charge in [0.25, 0.3) is 0 Å². The highest BCUT2D eigenvalue weighted by Gasteiger charge is 2.25. The summed E-state index contributed by atoms with van der Waals surface area (Å²) < 4.78 is 0. The van der Waals surface area contributed by atoms with Crippen LogP contribution in [0.3, 0.4) is 0 Å². The maximum atomic E-state index is 6.05. The van der Waals surface area contributed by atoms with Crippen LogP contribution >= 0.6 is 11.6 Å². The van der Waals surface area contributed by atoms with Crippen LogP contribution in [0, 0.1) is 0 Å². The zero-order valence-electron chi connectivity index (χ0n) is 11.0. The van der Waals surface area contributed by atoms with Gasteiger partial charge in [-0.1, -0.05) is 17.7 Å². The van der Waals surface area contributed by atoms with Crippen molar-refractivity contribution >= 4 is 11.6 Å². The molecule has 2 aliphatic rings. The molecule has 3 rings (SSSR count). The molecule has 1 fully saturated rings. The van der Waals surface area contributed by atoms with E-state index < -0.39 is 0 Å². The van der Waals surface area contributed by atoms with Gasteiger partial charge in [0.1, 0.15) is 0 Å². The summed E-state index contributed by atoms with van der Waals surface area (Å²) >= 11 is 6.05. The lowest BCUT2D eigenvalue weighted by atomic mass is 10.0. The Labute approximate surface area is 114 Å². The fourth-order valence-electron chi connectivity index (χ4n) is 3.21. The van der Waals surface area contributed by atoms with Crippen LogP contribution in [-0.2, 0) is 12.8 Å². The predicted molar refractivity (Wildman–Crippen MR) is 76.3 cm³/mol. The van der Waals surface area contributed by atoms with Gasteiger partial charge < -0.3 is 10.2 Å². The van der Waals surface area contributed by atoms with Crippen LogP contribution in [0.1, 0.15) is 24.0 Å². The van der Waals surface area contributed by atoms with Crippen molar-refractivity contribution in [3.05, 3.63) is 34.3 Å². The SMILES string of the molecule is CN1CCC(NC2Cc3ccc(Cl)cc3C2)CC1. The molecule has 0 amide bonds. The molecule has 1 saturated heterocycles. The molecule has 98 valence electrons. The zero-order valence-corrected chi connectivity index (χ0v) is 11.7. The maximum Gasteiger partial charge on any atom is 0.0408 e. The molecule has 1 aliphatic carbocycles. The Kier molecular flexibility index (Phi) is 3.60. The van der Waals surface area contributed by atoms with Crippen LogP contribution in [0.5, 0.6) is 0 Å². The average molecular weight is 265 g/mol. The summed E-state index contributed by atoms with van der Waals surface area (Å²) in [4.78, 5) is 2.42. The Hall–Kier alpha value is -0.570. The maximum absolute atomic E-state index is 6.05. The lowest BCUT2D eigenvalue weighted by Gasteiger charge is -2.31. The van der Waals surface area contributed by atoms with Gasteiger partial charge in [0.2, 0.25) is 0 Å². The molecular weight excluding hydrogens is 244 g/mol. The fraction of sp³-hybridized carbons (Fsp3) is 0.600. The number of likely N-dealkylation sites (tertiary alicyclic amines) is 1. The zero-order chi connectivity index (χ0) is 12.5. The molecule has 1 aliphatic heterocycles. The van der Waals surface area contributed by atoms with Gasteiger partial charge in [0.05, 0.1) is 0 Å². The van der Waals surface area contributed by atoms with Crippen LogP contribution < -0.4 is 5.32 Å². The Morgan fingerprint density at radius 1 is 1.11 bits per heavy atom. The van der Waals surface area contributed by atoms with Crippen molar-refractivity contribution in [3.63, 3.8) is 0 Å². The van der Waals surface area contributed by atoms with E-state index >= 15 is 0 Å². The molecule has 1 aromatic rings. The number of hydrogen-bond acceptors (Lipinski definition) is 2. The lowest BCUT2D eigenvalue weighted by molar-refractivity contribution is 0.225. The number of benzene rings is 1. The monoisotopic (exact) mass is 264 g/mol. The summed E-state index contributed by atoms with van der Waals surface area (Å²) in [5.41, 5.74) is 2.91. The Morgan fingerprint density at radius 3 is 2.61 bits per heavy atom. The predicted octanol–water partition coefficient (Wildman–Crippen LogP) is 2.49. The second kappa shape index (κ2) is 5.20. The normalized spacial score (nSPS) is 25.3. The van der Waals surface area contributed by atoms with Crippen molar-refractivity contribution in [2.45, 2.75) is 37.8 Å². The first-order chi connectivity index (χ1) is 8.70. The molecule has 18 heavy (non-hydrogen) atoms. The second-order valence-electron chi connectivity index (χ2n) is 5.76. The number of nitrogens with one attached hydrogen (secondary N) is 1. The molecule has 3 heteroatoms. The molecule has 1 aromatic carbocycles. The van der Waals surface area contributed by atoms with E-state index in [9.17, 15) is 0 Å². The van der Waals surface area contributed by atoms with Crippen molar-refractivity contribution < 1.29 is 0 Å². The van der Waals surface area contributed by atoms with E-state index in [-0.39, 0.29) is 0 Å². The largest absolute Gasteiger partial charge is 0.310 e. The van der Waals surface area contributed by atoms with Gasteiger partial charge in [0, 0.05) is 17.1 Å². The van der Waals surface area contributed by atoms with Crippen LogP contribution in [0.4, 0.5) is 0 Å². The fourth-order valence-corrected chi connectivity index (χ4v) is 3.41. The Balaban J connectivity index is 1.58. The Bertz CT molecular complexity index is 425. The number of piperidine rings is 1. The van der Waals surface area contributed by atoms with E-state index in [4.69, 9.17) is 11.6 Å². The summed E-state index contributed by atoms with van der Waals surface area (Å²) in [5, 5.41) is 4.70. The van der Waals surface area contributed by atoms with Gasteiger partial charge >= 0.3 is 0 Å². The van der Waals surface area contributed by atoms with E-state index in [1.165, 1.54) is 43.5 Å². The molecule has 2 nitrogen and oxygen atoms in total. The van der Waals surface area contributed by atoms with E-state index in [1.54, 1.807) is 0 Å². The van der Waals surface area contributed by atoms with Crippen molar-refractivity contribution in [2.24, 2.45) is 0 Å². The first-order valence-electron chi connectivity index (χ1n) is 6.92. The third-order valence-corrected chi connectivity index (χ3v) is 4.53. The third-order valence-electron chi connectivity index (χ3n) is 4.29. The first-order valence-corrected chi connectivity index (χ1v) is 7.30. The van der Waals surface area contributed by atoms with Crippen LogP contribution in [-0.4, -0.2) is 37.1 Å². The Morgan fingerprint density at radius 2 is 1.83 bits per heavy atom. The molecule has 0 saturated carbocycles. The molecule has 0 bridgehead atoms.